The fourth-order valence-corrected chi connectivity index (χ4v) is 2.77. The molecule has 0 spiro atoms. The highest BCUT2D eigenvalue weighted by Gasteiger charge is 2.21. The molecule has 0 aliphatic heterocycles. The second-order valence-corrected chi connectivity index (χ2v) is 5.55. The molecule has 0 fully saturated rings. The van der Waals surface area contributed by atoms with E-state index in [1.165, 1.54) is 29.9 Å². The zero-order valence-electron chi connectivity index (χ0n) is 14.2. The number of methoxy groups -OCH3 is 1. The number of benzene rings is 1. The molecule has 1 aromatic heterocycles. The minimum Gasteiger partial charge on any atom is -0.492 e. The number of aromatic nitrogens is 1. The van der Waals surface area contributed by atoms with Gasteiger partial charge in [-0.05, 0) is 12.5 Å². The van der Waals surface area contributed by atoms with Gasteiger partial charge in [0.1, 0.15) is 0 Å². The number of nitro benzene ring substituents is 1. The van der Waals surface area contributed by atoms with Gasteiger partial charge in [-0.15, -0.1) is 0 Å². The Morgan fingerprint density at radius 1 is 1.24 bits per heavy atom. The van der Waals surface area contributed by atoms with Gasteiger partial charge in [-0.25, -0.2) is 0 Å². The Labute approximate surface area is 144 Å². The third-order valence-corrected chi connectivity index (χ3v) is 3.98. The van der Waals surface area contributed by atoms with Crippen molar-refractivity contribution in [2.45, 2.75) is 39.2 Å². The molecule has 0 amide bonds. The lowest BCUT2D eigenvalue weighted by Gasteiger charge is -2.15. The summed E-state index contributed by atoms with van der Waals surface area (Å²) in [5.41, 5.74) is -0.292. The predicted octanol–water partition coefficient (Wildman–Crippen LogP) is 3.03. The van der Waals surface area contributed by atoms with Crippen LogP contribution >= 0.6 is 0 Å². The van der Waals surface area contributed by atoms with E-state index in [1.807, 2.05) is 0 Å². The van der Waals surface area contributed by atoms with E-state index >= 15 is 0 Å². The lowest BCUT2D eigenvalue weighted by Crippen LogP contribution is -2.23. The molecule has 0 saturated carbocycles. The van der Waals surface area contributed by atoms with Gasteiger partial charge in [0.2, 0.25) is 5.75 Å². The van der Waals surface area contributed by atoms with Crippen molar-refractivity contribution in [3.05, 3.63) is 38.7 Å². The Balaban J connectivity index is 2.69. The molecular weight excluding hydrogens is 328 g/mol. The first-order chi connectivity index (χ1) is 12.0. The summed E-state index contributed by atoms with van der Waals surface area (Å²) in [6.07, 6.45) is 3.73. The average molecular weight is 348 g/mol. The van der Waals surface area contributed by atoms with E-state index in [1.54, 1.807) is 0 Å². The maximum Gasteiger partial charge on any atom is 0.298 e. The molecule has 8 nitrogen and oxygen atoms in total. The number of carbonyl (C=O) groups excluding carboxylic acids is 1. The molecule has 0 saturated heterocycles. The molecule has 1 aromatic carbocycles. The molecule has 1 heterocycles. The molecule has 0 N–H and O–H groups in total. The predicted molar refractivity (Wildman–Crippen MR) is 92.2 cm³/mol. The van der Waals surface area contributed by atoms with Crippen LogP contribution in [0.25, 0.3) is 10.9 Å². The first kappa shape index (κ1) is 18.4. The van der Waals surface area contributed by atoms with Gasteiger partial charge in [0.05, 0.1) is 17.5 Å². The number of ether oxygens (including phenoxy) is 2. The van der Waals surface area contributed by atoms with Crippen LogP contribution in [0.4, 0.5) is 5.69 Å². The molecule has 0 bridgehead atoms. The molecule has 134 valence electrons. The van der Waals surface area contributed by atoms with Crippen molar-refractivity contribution >= 4 is 23.1 Å². The number of nitro groups is 1. The molecule has 2 rings (SSSR count). The third-order valence-electron chi connectivity index (χ3n) is 3.98. The Morgan fingerprint density at radius 3 is 2.60 bits per heavy atom. The quantitative estimate of drug-likeness (QED) is 0.299. The van der Waals surface area contributed by atoms with Crippen molar-refractivity contribution in [1.29, 1.82) is 0 Å². The molecule has 25 heavy (non-hydrogen) atoms. The number of non-ortho nitro benzene ring substituents is 1. The Kier molecular flexibility index (Phi) is 6.10. The summed E-state index contributed by atoms with van der Waals surface area (Å²) in [6, 6.07) is 4.15. The number of rotatable bonds is 9. The number of unbranched alkanes of at least 4 members (excludes halogenated alkanes) is 3. The molecule has 0 radical (unpaired) electrons. The molecule has 0 unspecified atom stereocenters. The largest absolute Gasteiger partial charge is 0.492 e. The molecule has 2 aromatic rings. The number of aryl methyl sites for hydroxylation is 1. The van der Waals surface area contributed by atoms with Crippen LogP contribution in [-0.4, -0.2) is 23.1 Å². The van der Waals surface area contributed by atoms with Gasteiger partial charge in [-0.2, -0.15) is 0 Å². The van der Waals surface area contributed by atoms with Crippen LogP contribution in [0.3, 0.4) is 0 Å². The maximum absolute atomic E-state index is 12.7. The first-order valence-electron chi connectivity index (χ1n) is 8.04. The van der Waals surface area contributed by atoms with Gasteiger partial charge >= 0.3 is 0 Å². The molecule has 0 atom stereocenters. The summed E-state index contributed by atoms with van der Waals surface area (Å²) in [5, 5.41) is 11.6. The van der Waals surface area contributed by atoms with Gasteiger partial charge in [-0.1, -0.05) is 26.2 Å². The summed E-state index contributed by atoms with van der Waals surface area (Å²) < 4.78 is 11.5. The van der Waals surface area contributed by atoms with Crippen LogP contribution < -0.4 is 15.0 Å². The minimum absolute atomic E-state index is 0.0896. The summed E-state index contributed by atoms with van der Waals surface area (Å²) in [5.74, 6) is -0.124. The number of fused-ring (bicyclic) bond motifs is 1. The van der Waals surface area contributed by atoms with E-state index in [2.05, 4.69) is 6.92 Å². The van der Waals surface area contributed by atoms with Crippen molar-refractivity contribution in [2.24, 2.45) is 0 Å². The number of pyridine rings is 1. The molecule has 8 heteroatoms. The number of hydrogen-bond acceptors (Lipinski definition) is 6. The minimum atomic E-state index is -0.548. The molecule has 0 aliphatic rings. The topological polar surface area (TPSA) is 101 Å². The van der Waals surface area contributed by atoms with Crippen LogP contribution in [0, 0.1) is 10.1 Å². The number of nitrogens with zero attached hydrogens (tertiary/aromatic N) is 2. The van der Waals surface area contributed by atoms with Crippen molar-refractivity contribution in [3.63, 3.8) is 0 Å². The zero-order chi connectivity index (χ0) is 18.4. The van der Waals surface area contributed by atoms with Gasteiger partial charge < -0.3 is 14.0 Å². The second kappa shape index (κ2) is 8.27. The van der Waals surface area contributed by atoms with Crippen molar-refractivity contribution in [3.8, 4) is 11.5 Å². The Morgan fingerprint density at radius 2 is 2.00 bits per heavy atom. The summed E-state index contributed by atoms with van der Waals surface area (Å²) >= 11 is 0. The lowest BCUT2D eigenvalue weighted by molar-refractivity contribution is -0.384. The summed E-state index contributed by atoms with van der Waals surface area (Å²) in [6.45, 7) is 2.61. The number of hydrogen-bond donors (Lipinski definition) is 0. The Bertz CT molecular complexity index is 843. The van der Waals surface area contributed by atoms with Gasteiger partial charge in [0.25, 0.3) is 17.7 Å². The highest BCUT2D eigenvalue weighted by molar-refractivity contribution is 5.89. The maximum atomic E-state index is 12.7. The Hall–Kier alpha value is -2.90. The van der Waals surface area contributed by atoms with Crippen molar-refractivity contribution in [2.75, 3.05) is 7.11 Å². The van der Waals surface area contributed by atoms with Gasteiger partial charge in [-0.3, -0.25) is 19.7 Å². The van der Waals surface area contributed by atoms with Gasteiger partial charge in [0.15, 0.2) is 5.75 Å². The zero-order valence-corrected chi connectivity index (χ0v) is 14.2. The lowest BCUT2D eigenvalue weighted by atomic mass is 10.1. The fourth-order valence-electron chi connectivity index (χ4n) is 2.77. The smallest absolute Gasteiger partial charge is 0.298 e. The van der Waals surface area contributed by atoms with E-state index in [9.17, 15) is 19.7 Å². The van der Waals surface area contributed by atoms with Gasteiger partial charge in [0, 0.05) is 24.1 Å². The summed E-state index contributed by atoms with van der Waals surface area (Å²) in [4.78, 5) is 34.1. The monoisotopic (exact) mass is 348 g/mol. The second-order valence-electron chi connectivity index (χ2n) is 5.55. The van der Waals surface area contributed by atoms with Crippen LogP contribution in [0.1, 0.15) is 32.6 Å². The fraction of sp³-hybridized carbons (Fsp3) is 0.412. The average Bonchev–Trinajstić information content (AvgIpc) is 2.61. The standard InChI is InChI=1S/C17H20N2O6/c1-3-4-5-6-9-18-14-10-12(19(22)23)7-8-13(14)15(24-2)16(17(18)21)25-11-20/h7-8,10-11H,3-6,9H2,1-2H3. The van der Waals surface area contributed by atoms with Crippen LogP contribution in [0.15, 0.2) is 23.0 Å². The van der Waals surface area contributed by atoms with Crippen LogP contribution in [0.5, 0.6) is 11.5 Å². The highest BCUT2D eigenvalue weighted by atomic mass is 16.6. The van der Waals surface area contributed by atoms with E-state index in [-0.39, 0.29) is 23.7 Å². The van der Waals surface area contributed by atoms with Crippen molar-refractivity contribution in [1.82, 2.24) is 4.57 Å². The van der Waals surface area contributed by atoms with E-state index in [0.717, 1.165) is 25.7 Å². The van der Waals surface area contributed by atoms with E-state index in [4.69, 9.17) is 9.47 Å². The van der Waals surface area contributed by atoms with E-state index < -0.39 is 10.5 Å². The van der Waals surface area contributed by atoms with Crippen molar-refractivity contribution < 1.29 is 19.2 Å². The molecular formula is C17H20N2O6. The first-order valence-corrected chi connectivity index (χ1v) is 8.04. The third kappa shape index (κ3) is 3.78. The summed E-state index contributed by atoms with van der Waals surface area (Å²) in [7, 11) is 1.35. The molecule has 0 aliphatic carbocycles. The highest BCUT2D eigenvalue weighted by Crippen LogP contribution is 2.34. The van der Waals surface area contributed by atoms with E-state index in [0.29, 0.717) is 17.4 Å². The SMILES string of the molecule is CCCCCCn1c(=O)c(OC=O)c(OC)c2ccc([N+](=O)[O-])cc21. The number of carbonyl (C=O) groups is 1. The van der Waals surface area contributed by atoms with Crippen LogP contribution in [0.2, 0.25) is 0 Å². The normalized spacial score (nSPS) is 10.6. The van der Waals surface area contributed by atoms with Crippen LogP contribution in [-0.2, 0) is 11.3 Å².